The molecule has 0 radical (unpaired) electrons. The summed E-state index contributed by atoms with van der Waals surface area (Å²) in [4.78, 5) is 0. The van der Waals surface area contributed by atoms with Crippen molar-refractivity contribution >= 4 is 0 Å². The van der Waals surface area contributed by atoms with Gasteiger partial charge in [-0.05, 0) is 37.0 Å². The van der Waals surface area contributed by atoms with E-state index in [0.29, 0.717) is 5.41 Å². The SMILES string of the molecule is COCCNCC1(C2CCCCCC2)CC1. The normalized spacial score (nSPS) is 25.3. The summed E-state index contributed by atoms with van der Waals surface area (Å²) >= 11 is 0. The molecule has 0 heterocycles. The molecule has 2 aliphatic carbocycles. The highest BCUT2D eigenvalue weighted by Crippen LogP contribution is 2.55. The average molecular weight is 225 g/mol. The number of nitrogens with one attached hydrogen (secondary N) is 1. The molecular formula is C14H27NO. The highest BCUT2D eigenvalue weighted by molar-refractivity contribution is 5.00. The molecule has 0 atom stereocenters. The van der Waals surface area contributed by atoms with Crippen LogP contribution in [0, 0.1) is 11.3 Å². The summed E-state index contributed by atoms with van der Waals surface area (Å²) in [6.07, 6.45) is 11.8. The predicted molar refractivity (Wildman–Crippen MR) is 67.6 cm³/mol. The van der Waals surface area contributed by atoms with Crippen molar-refractivity contribution in [3.63, 3.8) is 0 Å². The van der Waals surface area contributed by atoms with Crippen molar-refractivity contribution in [1.82, 2.24) is 5.32 Å². The second-order valence-electron chi connectivity index (χ2n) is 5.72. The van der Waals surface area contributed by atoms with Crippen molar-refractivity contribution in [2.24, 2.45) is 11.3 Å². The van der Waals surface area contributed by atoms with E-state index in [-0.39, 0.29) is 0 Å². The van der Waals surface area contributed by atoms with Crippen LogP contribution < -0.4 is 5.32 Å². The molecule has 2 saturated carbocycles. The molecule has 0 saturated heterocycles. The summed E-state index contributed by atoms with van der Waals surface area (Å²) in [5, 5.41) is 3.58. The number of rotatable bonds is 6. The molecule has 0 aromatic heterocycles. The third-order valence-corrected chi connectivity index (χ3v) is 4.57. The van der Waals surface area contributed by atoms with E-state index in [4.69, 9.17) is 4.74 Å². The predicted octanol–water partition coefficient (Wildman–Crippen LogP) is 2.97. The van der Waals surface area contributed by atoms with Crippen LogP contribution >= 0.6 is 0 Å². The van der Waals surface area contributed by atoms with Gasteiger partial charge in [-0.2, -0.15) is 0 Å². The maximum absolute atomic E-state index is 5.08. The molecule has 16 heavy (non-hydrogen) atoms. The minimum Gasteiger partial charge on any atom is -0.383 e. The summed E-state index contributed by atoms with van der Waals surface area (Å²) in [6.45, 7) is 3.10. The lowest BCUT2D eigenvalue weighted by Gasteiger charge is -2.26. The quantitative estimate of drug-likeness (QED) is 0.554. The summed E-state index contributed by atoms with van der Waals surface area (Å²) in [5.74, 6) is 1.02. The average Bonchev–Trinajstić information content (AvgIpc) is 3.09. The lowest BCUT2D eigenvalue weighted by Crippen LogP contribution is -2.31. The van der Waals surface area contributed by atoms with Gasteiger partial charge < -0.3 is 10.1 Å². The first kappa shape index (κ1) is 12.4. The minimum absolute atomic E-state index is 0.693. The Kier molecular flexibility index (Phi) is 4.66. The third-order valence-electron chi connectivity index (χ3n) is 4.57. The zero-order chi connectivity index (χ0) is 11.3. The van der Waals surface area contributed by atoms with Gasteiger partial charge in [-0.15, -0.1) is 0 Å². The van der Waals surface area contributed by atoms with E-state index < -0.39 is 0 Å². The van der Waals surface area contributed by atoms with Crippen LogP contribution in [0.1, 0.15) is 51.4 Å². The maximum Gasteiger partial charge on any atom is 0.0587 e. The second-order valence-corrected chi connectivity index (χ2v) is 5.72. The van der Waals surface area contributed by atoms with Crippen molar-refractivity contribution in [2.45, 2.75) is 51.4 Å². The van der Waals surface area contributed by atoms with Crippen molar-refractivity contribution in [3.8, 4) is 0 Å². The Balaban J connectivity index is 1.73. The van der Waals surface area contributed by atoms with Crippen LogP contribution in [-0.4, -0.2) is 26.8 Å². The molecule has 2 fully saturated rings. The maximum atomic E-state index is 5.08. The van der Waals surface area contributed by atoms with Gasteiger partial charge in [0, 0.05) is 20.2 Å². The van der Waals surface area contributed by atoms with Gasteiger partial charge in [0.05, 0.1) is 6.61 Å². The molecule has 2 aliphatic rings. The molecular weight excluding hydrogens is 198 g/mol. The Morgan fingerprint density at radius 2 is 1.81 bits per heavy atom. The molecule has 0 aromatic rings. The van der Waals surface area contributed by atoms with Crippen LogP contribution in [0.2, 0.25) is 0 Å². The van der Waals surface area contributed by atoms with Gasteiger partial charge in [0.1, 0.15) is 0 Å². The molecule has 0 spiro atoms. The summed E-state index contributed by atoms with van der Waals surface area (Å²) in [5.41, 5.74) is 0.693. The highest BCUT2D eigenvalue weighted by atomic mass is 16.5. The largest absolute Gasteiger partial charge is 0.383 e. The Morgan fingerprint density at radius 3 is 2.38 bits per heavy atom. The number of hydrogen-bond donors (Lipinski definition) is 1. The van der Waals surface area contributed by atoms with E-state index in [9.17, 15) is 0 Å². The van der Waals surface area contributed by atoms with Crippen molar-refractivity contribution in [1.29, 1.82) is 0 Å². The van der Waals surface area contributed by atoms with E-state index in [0.717, 1.165) is 19.1 Å². The lowest BCUT2D eigenvalue weighted by molar-refractivity contribution is 0.191. The molecule has 0 amide bonds. The van der Waals surface area contributed by atoms with Crippen LogP contribution in [0.25, 0.3) is 0 Å². The molecule has 2 heteroatoms. The molecule has 0 aliphatic heterocycles. The fourth-order valence-corrected chi connectivity index (χ4v) is 3.29. The van der Waals surface area contributed by atoms with E-state index in [1.54, 1.807) is 7.11 Å². The van der Waals surface area contributed by atoms with Crippen LogP contribution in [0.3, 0.4) is 0 Å². The zero-order valence-corrected chi connectivity index (χ0v) is 10.8. The van der Waals surface area contributed by atoms with Gasteiger partial charge in [0.25, 0.3) is 0 Å². The van der Waals surface area contributed by atoms with Gasteiger partial charge in [-0.1, -0.05) is 25.7 Å². The van der Waals surface area contributed by atoms with E-state index in [1.807, 2.05) is 0 Å². The summed E-state index contributed by atoms with van der Waals surface area (Å²) < 4.78 is 5.08. The standard InChI is InChI=1S/C14H27NO/c1-16-11-10-15-12-14(8-9-14)13-6-4-2-3-5-7-13/h13,15H,2-12H2,1H3. The first-order valence-corrected chi connectivity index (χ1v) is 7.07. The summed E-state index contributed by atoms with van der Waals surface area (Å²) in [6, 6.07) is 0. The van der Waals surface area contributed by atoms with Crippen molar-refractivity contribution < 1.29 is 4.74 Å². The first-order chi connectivity index (χ1) is 7.87. The number of methoxy groups -OCH3 is 1. The third kappa shape index (κ3) is 3.21. The fourth-order valence-electron chi connectivity index (χ4n) is 3.29. The molecule has 0 unspecified atom stereocenters. The molecule has 2 nitrogen and oxygen atoms in total. The van der Waals surface area contributed by atoms with Gasteiger partial charge >= 0.3 is 0 Å². The Bertz CT molecular complexity index is 193. The minimum atomic E-state index is 0.693. The molecule has 94 valence electrons. The van der Waals surface area contributed by atoms with Gasteiger partial charge in [-0.3, -0.25) is 0 Å². The summed E-state index contributed by atoms with van der Waals surface area (Å²) in [7, 11) is 1.78. The molecule has 0 aromatic carbocycles. The van der Waals surface area contributed by atoms with Crippen molar-refractivity contribution in [3.05, 3.63) is 0 Å². The number of ether oxygens (including phenoxy) is 1. The molecule has 0 bridgehead atoms. The van der Waals surface area contributed by atoms with Crippen LogP contribution in [0.4, 0.5) is 0 Å². The van der Waals surface area contributed by atoms with E-state index in [2.05, 4.69) is 5.32 Å². The van der Waals surface area contributed by atoms with E-state index in [1.165, 1.54) is 57.9 Å². The lowest BCUT2D eigenvalue weighted by atomic mass is 9.83. The second kappa shape index (κ2) is 6.02. The Labute approximate surface area is 100 Å². The van der Waals surface area contributed by atoms with Gasteiger partial charge in [0.2, 0.25) is 0 Å². The van der Waals surface area contributed by atoms with E-state index >= 15 is 0 Å². The molecule has 2 rings (SSSR count). The monoisotopic (exact) mass is 225 g/mol. The van der Waals surface area contributed by atoms with Crippen molar-refractivity contribution in [2.75, 3.05) is 26.8 Å². The zero-order valence-electron chi connectivity index (χ0n) is 10.8. The topological polar surface area (TPSA) is 21.3 Å². The fraction of sp³-hybridized carbons (Fsp3) is 1.00. The number of hydrogen-bond acceptors (Lipinski definition) is 2. The highest BCUT2D eigenvalue weighted by Gasteiger charge is 2.47. The van der Waals surface area contributed by atoms with Gasteiger partial charge in [-0.25, -0.2) is 0 Å². The first-order valence-electron chi connectivity index (χ1n) is 7.07. The van der Waals surface area contributed by atoms with Crippen LogP contribution in [0.15, 0.2) is 0 Å². The van der Waals surface area contributed by atoms with Gasteiger partial charge in [0.15, 0.2) is 0 Å². The Morgan fingerprint density at radius 1 is 1.12 bits per heavy atom. The smallest absolute Gasteiger partial charge is 0.0587 e. The Hall–Kier alpha value is -0.0800. The van der Waals surface area contributed by atoms with Crippen LogP contribution in [0.5, 0.6) is 0 Å². The van der Waals surface area contributed by atoms with Crippen LogP contribution in [-0.2, 0) is 4.74 Å². The molecule has 1 N–H and O–H groups in total.